The second-order valence-corrected chi connectivity index (χ2v) is 6.40. The Morgan fingerprint density at radius 1 is 1.30 bits per heavy atom. The number of aryl methyl sites for hydroxylation is 1. The fraction of sp³-hybridized carbons (Fsp3) is 0.667. The Morgan fingerprint density at radius 3 is 2.65 bits per heavy atom. The molecule has 1 aromatic rings. The van der Waals surface area contributed by atoms with Gasteiger partial charge in [0.05, 0.1) is 0 Å². The molecule has 2 rings (SSSR count). The Morgan fingerprint density at radius 2 is 2.05 bits per heavy atom. The summed E-state index contributed by atoms with van der Waals surface area (Å²) in [6.45, 7) is 11.7. The van der Waals surface area contributed by atoms with Gasteiger partial charge in [-0.15, -0.1) is 0 Å². The van der Waals surface area contributed by atoms with Crippen LogP contribution in [0, 0.1) is 12.8 Å². The lowest BCUT2D eigenvalue weighted by Crippen LogP contribution is -2.28. The number of hydrogen-bond acceptors (Lipinski definition) is 2. The zero-order chi connectivity index (χ0) is 14.4. The summed E-state index contributed by atoms with van der Waals surface area (Å²) in [7, 11) is 0. The zero-order valence-electron chi connectivity index (χ0n) is 13.4. The molecule has 0 bridgehead atoms. The van der Waals surface area contributed by atoms with Crippen LogP contribution >= 0.6 is 0 Å². The van der Waals surface area contributed by atoms with Crippen LogP contribution in [-0.2, 0) is 0 Å². The van der Waals surface area contributed by atoms with Crippen molar-refractivity contribution < 1.29 is 0 Å². The molecule has 1 fully saturated rings. The molecule has 1 aromatic carbocycles. The Kier molecular flexibility index (Phi) is 6.06. The molecule has 112 valence electrons. The molecule has 0 amide bonds. The number of nitrogens with one attached hydrogen (secondary N) is 1. The van der Waals surface area contributed by atoms with Gasteiger partial charge in [0.1, 0.15) is 0 Å². The maximum atomic E-state index is 3.71. The smallest absolute Gasteiger partial charge is 0.0332 e. The second kappa shape index (κ2) is 7.80. The minimum atomic E-state index is 0.506. The highest BCUT2D eigenvalue weighted by atomic mass is 15.1. The Labute approximate surface area is 124 Å². The normalized spacial score (nSPS) is 21.2. The van der Waals surface area contributed by atoms with E-state index < -0.39 is 0 Å². The summed E-state index contributed by atoms with van der Waals surface area (Å²) in [5.74, 6) is 0.886. The van der Waals surface area contributed by atoms with E-state index in [2.05, 4.69) is 55.3 Å². The number of rotatable bonds is 7. The van der Waals surface area contributed by atoms with Crippen molar-refractivity contribution in [2.75, 3.05) is 26.2 Å². The van der Waals surface area contributed by atoms with Gasteiger partial charge in [0.25, 0.3) is 0 Å². The van der Waals surface area contributed by atoms with E-state index in [4.69, 9.17) is 0 Å². The molecule has 1 saturated heterocycles. The topological polar surface area (TPSA) is 15.3 Å². The molecule has 0 saturated carbocycles. The lowest BCUT2D eigenvalue weighted by Gasteiger charge is -2.23. The van der Waals surface area contributed by atoms with Crippen LogP contribution in [0.5, 0.6) is 0 Å². The van der Waals surface area contributed by atoms with Crippen molar-refractivity contribution in [3.05, 3.63) is 35.4 Å². The predicted molar refractivity (Wildman–Crippen MR) is 87.1 cm³/mol. The van der Waals surface area contributed by atoms with Crippen LogP contribution in [0.15, 0.2) is 24.3 Å². The van der Waals surface area contributed by atoms with E-state index in [-0.39, 0.29) is 0 Å². The van der Waals surface area contributed by atoms with Crippen LogP contribution < -0.4 is 5.32 Å². The van der Waals surface area contributed by atoms with Gasteiger partial charge < -0.3 is 10.2 Å². The average molecular weight is 274 g/mol. The summed E-state index contributed by atoms with van der Waals surface area (Å²) in [6.07, 6.45) is 3.79. The molecule has 2 unspecified atom stereocenters. The van der Waals surface area contributed by atoms with Gasteiger partial charge in [0.2, 0.25) is 0 Å². The summed E-state index contributed by atoms with van der Waals surface area (Å²) in [5.41, 5.74) is 2.78. The fourth-order valence-corrected chi connectivity index (χ4v) is 3.04. The third-order valence-corrected chi connectivity index (χ3v) is 4.36. The lowest BCUT2D eigenvalue weighted by atomic mass is 10.0. The van der Waals surface area contributed by atoms with Gasteiger partial charge in [0, 0.05) is 12.6 Å². The predicted octanol–water partition coefficient (Wildman–Crippen LogP) is 3.77. The average Bonchev–Trinajstić information content (AvgIpc) is 2.86. The van der Waals surface area contributed by atoms with E-state index in [0.717, 1.165) is 12.5 Å². The van der Waals surface area contributed by atoms with Crippen molar-refractivity contribution in [1.29, 1.82) is 0 Å². The maximum Gasteiger partial charge on any atom is 0.0332 e. The van der Waals surface area contributed by atoms with E-state index in [0.29, 0.717) is 6.04 Å². The van der Waals surface area contributed by atoms with Crippen LogP contribution in [0.1, 0.15) is 50.3 Å². The molecule has 0 aliphatic carbocycles. The van der Waals surface area contributed by atoms with Gasteiger partial charge in [-0.1, -0.05) is 43.7 Å². The zero-order valence-corrected chi connectivity index (χ0v) is 13.4. The largest absolute Gasteiger partial charge is 0.310 e. The van der Waals surface area contributed by atoms with Gasteiger partial charge in [0.15, 0.2) is 0 Å². The van der Waals surface area contributed by atoms with Gasteiger partial charge in [-0.2, -0.15) is 0 Å². The third-order valence-electron chi connectivity index (χ3n) is 4.36. The first kappa shape index (κ1) is 15.5. The molecule has 20 heavy (non-hydrogen) atoms. The van der Waals surface area contributed by atoms with Gasteiger partial charge in [-0.05, 0) is 57.3 Å². The molecule has 0 radical (unpaired) electrons. The van der Waals surface area contributed by atoms with Gasteiger partial charge in [-0.3, -0.25) is 0 Å². The number of hydrogen-bond donors (Lipinski definition) is 1. The molecule has 0 aromatic heterocycles. The van der Waals surface area contributed by atoms with E-state index in [9.17, 15) is 0 Å². The van der Waals surface area contributed by atoms with Crippen LogP contribution in [0.2, 0.25) is 0 Å². The van der Waals surface area contributed by atoms with Crippen LogP contribution in [0.3, 0.4) is 0 Å². The first-order valence-corrected chi connectivity index (χ1v) is 8.21. The van der Waals surface area contributed by atoms with Crippen LogP contribution in [0.4, 0.5) is 0 Å². The summed E-state index contributed by atoms with van der Waals surface area (Å²) < 4.78 is 0. The first-order valence-electron chi connectivity index (χ1n) is 8.21. The van der Waals surface area contributed by atoms with Crippen molar-refractivity contribution >= 4 is 0 Å². The van der Waals surface area contributed by atoms with Crippen LogP contribution in [0.25, 0.3) is 0 Å². The molecular formula is C18H30N2. The quantitative estimate of drug-likeness (QED) is 0.814. The highest BCUT2D eigenvalue weighted by Gasteiger charge is 2.19. The molecule has 2 heteroatoms. The maximum absolute atomic E-state index is 3.71. The Balaban J connectivity index is 1.91. The minimum absolute atomic E-state index is 0.506. The van der Waals surface area contributed by atoms with Crippen molar-refractivity contribution in [2.24, 2.45) is 5.92 Å². The molecule has 2 nitrogen and oxygen atoms in total. The monoisotopic (exact) mass is 274 g/mol. The highest BCUT2D eigenvalue weighted by molar-refractivity contribution is 5.24. The number of likely N-dealkylation sites (tertiary alicyclic amines) is 1. The molecule has 0 spiro atoms. The third kappa shape index (κ3) is 4.60. The molecule has 1 N–H and O–H groups in total. The Hall–Kier alpha value is -0.860. The second-order valence-electron chi connectivity index (χ2n) is 6.40. The first-order chi connectivity index (χ1) is 9.69. The highest BCUT2D eigenvalue weighted by Crippen LogP contribution is 2.21. The molecule has 1 heterocycles. The molecule has 1 aliphatic heterocycles. The standard InChI is InChI=1S/C18H30N2/c1-4-11-19-18(17-7-5-15(2)6-8-17)10-13-20-12-9-16(3)14-20/h5-8,16,18-19H,4,9-14H2,1-3H3. The molecule has 1 aliphatic rings. The SMILES string of the molecule is CCCNC(CCN1CCC(C)C1)c1ccc(C)cc1. The lowest BCUT2D eigenvalue weighted by molar-refractivity contribution is 0.302. The number of nitrogens with zero attached hydrogens (tertiary/aromatic N) is 1. The van der Waals surface area contributed by atoms with Gasteiger partial charge in [-0.25, -0.2) is 0 Å². The Bertz CT molecular complexity index is 385. The molecule has 2 atom stereocenters. The van der Waals surface area contributed by atoms with E-state index in [1.54, 1.807) is 0 Å². The van der Waals surface area contributed by atoms with Crippen molar-refractivity contribution in [2.45, 2.75) is 46.1 Å². The number of benzene rings is 1. The minimum Gasteiger partial charge on any atom is -0.310 e. The van der Waals surface area contributed by atoms with Gasteiger partial charge >= 0.3 is 0 Å². The fourth-order valence-electron chi connectivity index (χ4n) is 3.04. The van der Waals surface area contributed by atoms with E-state index in [1.165, 1.54) is 50.0 Å². The summed E-state index contributed by atoms with van der Waals surface area (Å²) >= 11 is 0. The van der Waals surface area contributed by atoms with Crippen molar-refractivity contribution in [3.8, 4) is 0 Å². The van der Waals surface area contributed by atoms with E-state index >= 15 is 0 Å². The van der Waals surface area contributed by atoms with Crippen LogP contribution in [-0.4, -0.2) is 31.1 Å². The summed E-state index contributed by atoms with van der Waals surface area (Å²) in [4.78, 5) is 2.62. The molecular weight excluding hydrogens is 244 g/mol. The van der Waals surface area contributed by atoms with Crippen molar-refractivity contribution in [3.63, 3.8) is 0 Å². The summed E-state index contributed by atoms with van der Waals surface area (Å²) in [5, 5.41) is 3.71. The van der Waals surface area contributed by atoms with E-state index in [1.807, 2.05) is 0 Å². The summed E-state index contributed by atoms with van der Waals surface area (Å²) in [6, 6.07) is 9.54. The van der Waals surface area contributed by atoms with Crippen molar-refractivity contribution in [1.82, 2.24) is 10.2 Å².